The van der Waals surface area contributed by atoms with Crippen molar-refractivity contribution in [3.05, 3.63) is 57.5 Å². The number of halogens is 1. The highest BCUT2D eigenvalue weighted by molar-refractivity contribution is 9.10. The zero-order valence-corrected chi connectivity index (χ0v) is 13.1. The lowest BCUT2D eigenvalue weighted by Gasteiger charge is -2.05. The standard InChI is InChI=1S/C15H11BrN2OS/c1-10-7-12(16)4-5-13(10)18-8-11(9-19)15(17-18)14-3-2-6-20-14/h2-9H,1H3. The lowest BCUT2D eigenvalue weighted by atomic mass is 10.2. The Kier molecular flexibility index (Phi) is 3.54. The molecule has 3 rings (SSSR count). The van der Waals surface area contributed by atoms with Gasteiger partial charge in [0.25, 0.3) is 0 Å². The fourth-order valence-electron chi connectivity index (χ4n) is 2.08. The average molecular weight is 347 g/mol. The minimum absolute atomic E-state index is 0.606. The average Bonchev–Trinajstić information content (AvgIpc) is 3.07. The van der Waals surface area contributed by atoms with Crippen LogP contribution in [0.25, 0.3) is 16.3 Å². The summed E-state index contributed by atoms with van der Waals surface area (Å²) < 4.78 is 2.79. The van der Waals surface area contributed by atoms with Gasteiger partial charge in [-0.15, -0.1) is 11.3 Å². The summed E-state index contributed by atoms with van der Waals surface area (Å²) >= 11 is 5.03. The zero-order chi connectivity index (χ0) is 14.1. The summed E-state index contributed by atoms with van der Waals surface area (Å²) in [6.45, 7) is 2.02. The van der Waals surface area contributed by atoms with E-state index >= 15 is 0 Å². The topological polar surface area (TPSA) is 34.9 Å². The molecular weight excluding hydrogens is 336 g/mol. The Labute approximate surface area is 129 Å². The molecule has 0 saturated heterocycles. The van der Waals surface area contributed by atoms with Crippen LogP contribution < -0.4 is 0 Å². The molecule has 20 heavy (non-hydrogen) atoms. The van der Waals surface area contributed by atoms with E-state index in [1.807, 2.05) is 42.6 Å². The summed E-state index contributed by atoms with van der Waals surface area (Å²) in [4.78, 5) is 12.3. The molecule has 0 aliphatic carbocycles. The molecule has 0 spiro atoms. The van der Waals surface area contributed by atoms with E-state index in [9.17, 15) is 4.79 Å². The number of nitrogens with zero attached hydrogens (tertiary/aromatic N) is 2. The van der Waals surface area contributed by atoms with Crippen LogP contribution in [-0.2, 0) is 0 Å². The first kappa shape index (κ1) is 13.3. The molecule has 100 valence electrons. The second-order valence-electron chi connectivity index (χ2n) is 4.40. The van der Waals surface area contributed by atoms with Crippen LogP contribution in [0.5, 0.6) is 0 Å². The number of aryl methyl sites for hydroxylation is 1. The third-order valence-electron chi connectivity index (χ3n) is 3.03. The lowest BCUT2D eigenvalue weighted by Crippen LogP contribution is -1.97. The molecule has 0 atom stereocenters. The van der Waals surface area contributed by atoms with Crippen molar-refractivity contribution in [1.82, 2.24) is 9.78 Å². The Balaban J connectivity index is 2.14. The zero-order valence-electron chi connectivity index (χ0n) is 10.7. The van der Waals surface area contributed by atoms with Crippen molar-refractivity contribution < 1.29 is 4.79 Å². The van der Waals surface area contributed by atoms with Gasteiger partial charge in [-0.25, -0.2) is 4.68 Å². The summed E-state index contributed by atoms with van der Waals surface area (Å²) in [6.07, 6.45) is 2.63. The van der Waals surface area contributed by atoms with Gasteiger partial charge in [0.05, 0.1) is 16.1 Å². The molecule has 0 fully saturated rings. The first-order valence-electron chi connectivity index (χ1n) is 6.04. The Bertz CT molecular complexity index is 762. The third kappa shape index (κ3) is 2.34. The molecule has 0 radical (unpaired) electrons. The van der Waals surface area contributed by atoms with Crippen LogP contribution in [0.4, 0.5) is 0 Å². The second kappa shape index (κ2) is 5.34. The SMILES string of the molecule is Cc1cc(Br)ccc1-n1cc(C=O)c(-c2cccs2)n1. The maximum absolute atomic E-state index is 11.2. The molecule has 0 aliphatic heterocycles. The Morgan fingerprint density at radius 1 is 1.35 bits per heavy atom. The number of aromatic nitrogens is 2. The number of carbonyl (C=O) groups excluding carboxylic acids is 1. The van der Waals surface area contributed by atoms with Crippen molar-refractivity contribution in [2.75, 3.05) is 0 Å². The molecule has 5 heteroatoms. The van der Waals surface area contributed by atoms with Gasteiger partial charge in [0.1, 0.15) is 5.69 Å². The Morgan fingerprint density at radius 3 is 2.85 bits per heavy atom. The molecule has 3 nitrogen and oxygen atoms in total. The maximum Gasteiger partial charge on any atom is 0.153 e. The maximum atomic E-state index is 11.2. The normalized spacial score (nSPS) is 10.7. The van der Waals surface area contributed by atoms with Crippen molar-refractivity contribution in [3.63, 3.8) is 0 Å². The molecule has 0 saturated carbocycles. The number of aldehydes is 1. The highest BCUT2D eigenvalue weighted by Crippen LogP contribution is 2.27. The molecule has 1 aromatic carbocycles. The van der Waals surface area contributed by atoms with Crippen LogP contribution >= 0.6 is 27.3 Å². The third-order valence-corrected chi connectivity index (χ3v) is 4.40. The van der Waals surface area contributed by atoms with Gasteiger partial charge < -0.3 is 0 Å². The largest absolute Gasteiger partial charge is 0.298 e. The van der Waals surface area contributed by atoms with Crippen LogP contribution in [-0.4, -0.2) is 16.1 Å². The van der Waals surface area contributed by atoms with Gasteiger partial charge in [-0.05, 0) is 42.1 Å². The molecule has 0 amide bonds. The highest BCUT2D eigenvalue weighted by atomic mass is 79.9. The molecule has 3 aromatic rings. The lowest BCUT2D eigenvalue weighted by molar-refractivity contribution is 0.112. The van der Waals surface area contributed by atoms with E-state index in [0.29, 0.717) is 5.56 Å². The van der Waals surface area contributed by atoms with Crippen molar-refractivity contribution in [3.8, 4) is 16.3 Å². The minimum atomic E-state index is 0.606. The fraction of sp³-hybridized carbons (Fsp3) is 0.0667. The quantitative estimate of drug-likeness (QED) is 0.655. The second-order valence-corrected chi connectivity index (χ2v) is 6.27. The molecular formula is C15H11BrN2OS. The fourth-order valence-corrected chi connectivity index (χ4v) is 3.28. The van der Waals surface area contributed by atoms with Gasteiger partial charge in [-0.3, -0.25) is 4.79 Å². The summed E-state index contributed by atoms with van der Waals surface area (Å²) in [7, 11) is 0. The van der Waals surface area contributed by atoms with Gasteiger partial charge in [-0.2, -0.15) is 5.10 Å². The van der Waals surface area contributed by atoms with E-state index in [0.717, 1.165) is 32.6 Å². The van der Waals surface area contributed by atoms with E-state index in [4.69, 9.17) is 0 Å². The van der Waals surface area contributed by atoms with Gasteiger partial charge in [0.15, 0.2) is 6.29 Å². The molecule has 0 unspecified atom stereocenters. The van der Waals surface area contributed by atoms with Gasteiger partial charge >= 0.3 is 0 Å². The predicted octanol–water partition coefficient (Wildman–Crippen LogP) is 4.48. The van der Waals surface area contributed by atoms with Gasteiger partial charge in [0, 0.05) is 10.7 Å². The monoisotopic (exact) mass is 346 g/mol. The van der Waals surface area contributed by atoms with Crippen molar-refractivity contribution >= 4 is 33.6 Å². The van der Waals surface area contributed by atoms with Crippen LogP contribution in [0.15, 0.2) is 46.4 Å². The molecule has 2 aromatic heterocycles. The van der Waals surface area contributed by atoms with Crippen LogP contribution in [0.1, 0.15) is 15.9 Å². The number of carbonyl (C=O) groups is 1. The van der Waals surface area contributed by atoms with E-state index in [2.05, 4.69) is 21.0 Å². The number of hydrogen-bond donors (Lipinski definition) is 0. The van der Waals surface area contributed by atoms with Crippen LogP contribution in [0.3, 0.4) is 0 Å². The minimum Gasteiger partial charge on any atom is -0.298 e. The first-order valence-corrected chi connectivity index (χ1v) is 7.71. The van der Waals surface area contributed by atoms with Crippen molar-refractivity contribution in [1.29, 1.82) is 0 Å². The summed E-state index contributed by atoms with van der Waals surface area (Å²) in [6, 6.07) is 9.91. The Hall–Kier alpha value is -1.72. The molecule has 0 aliphatic rings. The van der Waals surface area contributed by atoms with Crippen LogP contribution in [0.2, 0.25) is 0 Å². The van der Waals surface area contributed by atoms with Crippen LogP contribution in [0, 0.1) is 6.92 Å². The van der Waals surface area contributed by atoms with E-state index < -0.39 is 0 Å². The van der Waals surface area contributed by atoms with Crippen molar-refractivity contribution in [2.24, 2.45) is 0 Å². The van der Waals surface area contributed by atoms with Crippen molar-refractivity contribution in [2.45, 2.75) is 6.92 Å². The molecule has 0 N–H and O–H groups in total. The first-order chi connectivity index (χ1) is 9.69. The smallest absolute Gasteiger partial charge is 0.153 e. The molecule has 0 bridgehead atoms. The number of hydrogen-bond acceptors (Lipinski definition) is 3. The summed E-state index contributed by atoms with van der Waals surface area (Å²) in [5, 5.41) is 6.54. The number of benzene rings is 1. The highest BCUT2D eigenvalue weighted by Gasteiger charge is 2.13. The van der Waals surface area contributed by atoms with E-state index in [-0.39, 0.29) is 0 Å². The number of thiophene rings is 1. The molecule has 2 heterocycles. The van der Waals surface area contributed by atoms with E-state index in [1.165, 1.54) is 0 Å². The summed E-state index contributed by atoms with van der Waals surface area (Å²) in [5.41, 5.74) is 3.41. The van der Waals surface area contributed by atoms with Gasteiger partial charge in [-0.1, -0.05) is 22.0 Å². The Morgan fingerprint density at radius 2 is 2.20 bits per heavy atom. The number of rotatable bonds is 3. The van der Waals surface area contributed by atoms with E-state index in [1.54, 1.807) is 22.2 Å². The van der Waals surface area contributed by atoms with Gasteiger partial charge in [0.2, 0.25) is 0 Å². The predicted molar refractivity (Wildman–Crippen MR) is 84.7 cm³/mol. The summed E-state index contributed by atoms with van der Waals surface area (Å²) in [5.74, 6) is 0.